The summed E-state index contributed by atoms with van der Waals surface area (Å²) >= 11 is 0. The van der Waals surface area contributed by atoms with Crippen molar-refractivity contribution >= 4 is 48.5 Å². The van der Waals surface area contributed by atoms with Crippen molar-refractivity contribution in [3.05, 3.63) is 16.7 Å². The van der Waals surface area contributed by atoms with Gasteiger partial charge in [-0.15, -0.1) is 0 Å². The van der Waals surface area contributed by atoms with Gasteiger partial charge in [0.05, 0.1) is 61.3 Å². The van der Waals surface area contributed by atoms with Crippen molar-refractivity contribution < 1.29 is 82.1 Å². The summed E-state index contributed by atoms with van der Waals surface area (Å²) in [7, 11) is -13.4. The number of carbonyl (C=O) groups is 3. The van der Waals surface area contributed by atoms with E-state index in [1.54, 1.807) is 41.5 Å². The zero-order chi connectivity index (χ0) is 39.4. The van der Waals surface area contributed by atoms with Crippen molar-refractivity contribution in [2.75, 3.05) is 37.1 Å². The molecule has 51 heavy (non-hydrogen) atoms. The Balaban J connectivity index is 4.08. The lowest BCUT2D eigenvalue weighted by molar-refractivity contribution is 0.0513. The molecule has 23 heteroatoms. The third-order valence-electron chi connectivity index (χ3n) is 5.76. The minimum Gasteiger partial charge on any atom is -0.493 e. The Hall–Kier alpha value is -3.64. The maximum absolute atomic E-state index is 12.9. The highest BCUT2D eigenvalue weighted by molar-refractivity contribution is 7.86. The van der Waals surface area contributed by atoms with Gasteiger partial charge in [0.25, 0.3) is 30.4 Å². The highest BCUT2D eigenvalue weighted by atomic mass is 32.2. The molecule has 0 saturated heterocycles. The Labute approximate surface area is 296 Å². The Morgan fingerprint density at radius 2 is 0.863 bits per heavy atom. The van der Waals surface area contributed by atoms with Gasteiger partial charge in [0.1, 0.15) is 34.0 Å². The van der Waals surface area contributed by atoms with Crippen LogP contribution in [-0.2, 0) is 52.9 Å². The fraction of sp³-hybridized carbons (Fsp3) is 0.679. The summed E-state index contributed by atoms with van der Waals surface area (Å²) in [5.74, 6) is -5.55. The first-order valence-electron chi connectivity index (χ1n) is 15.2. The van der Waals surface area contributed by atoms with Crippen LogP contribution in [0.1, 0.15) is 82.3 Å². The maximum atomic E-state index is 12.9. The molecule has 0 fully saturated rings. The molecule has 0 atom stereocenters. The van der Waals surface area contributed by atoms with Crippen molar-refractivity contribution in [3.63, 3.8) is 0 Å². The van der Waals surface area contributed by atoms with E-state index >= 15 is 0 Å². The second kappa shape index (κ2) is 18.7. The third kappa shape index (κ3) is 19.5. The number of hydrogen-bond donors (Lipinski definition) is 6. The van der Waals surface area contributed by atoms with Crippen LogP contribution in [0.15, 0.2) is 0 Å². The van der Waals surface area contributed by atoms with Gasteiger partial charge in [0, 0.05) is 0 Å². The second-order valence-electron chi connectivity index (χ2n) is 12.8. The molecule has 0 saturated carbocycles. The summed E-state index contributed by atoms with van der Waals surface area (Å²) in [5.41, 5.74) is -3.22. The van der Waals surface area contributed by atoms with E-state index in [1.165, 1.54) is 0 Å². The van der Waals surface area contributed by atoms with Crippen LogP contribution in [0.25, 0.3) is 0 Å². The highest BCUT2D eigenvalue weighted by Gasteiger charge is 2.33. The summed E-state index contributed by atoms with van der Waals surface area (Å²) in [5, 5.41) is 15.3. The van der Waals surface area contributed by atoms with Gasteiger partial charge < -0.3 is 39.4 Å². The quantitative estimate of drug-likeness (QED) is 0.0815. The first-order valence-corrected chi connectivity index (χ1v) is 20.0. The van der Waals surface area contributed by atoms with E-state index in [0.29, 0.717) is 0 Å². The molecule has 0 unspecified atom stereocenters. The van der Waals surface area contributed by atoms with Crippen LogP contribution in [0.4, 0.5) is 9.59 Å². The van der Waals surface area contributed by atoms with E-state index in [1.807, 2.05) is 0 Å². The number of aromatic carboxylic acids is 1. The first-order chi connectivity index (χ1) is 23.1. The lowest BCUT2D eigenvalue weighted by Gasteiger charge is -2.26. The van der Waals surface area contributed by atoms with Gasteiger partial charge in [0.2, 0.25) is 0 Å². The van der Waals surface area contributed by atoms with Crippen molar-refractivity contribution in [2.45, 2.75) is 85.1 Å². The zero-order valence-corrected chi connectivity index (χ0v) is 31.5. The van der Waals surface area contributed by atoms with Gasteiger partial charge in [0.15, 0.2) is 0 Å². The SMILES string of the molecule is CC(C)(C)OC(=O)NCc1c(OCCCS(=O)(=O)O)c(CNC(=O)OC(C)(C)C)c(OCCCS(=O)(=O)O)c(C(=O)O)c1OCCCS(=O)(=O)O. The predicted octanol–water partition coefficient (Wildman–Crippen LogP) is 2.40. The lowest BCUT2D eigenvalue weighted by atomic mass is 9.99. The number of nitrogens with one attached hydrogen (secondary N) is 2. The molecule has 0 bridgehead atoms. The predicted molar refractivity (Wildman–Crippen MR) is 179 cm³/mol. The molecule has 294 valence electrons. The van der Waals surface area contributed by atoms with Crippen LogP contribution in [0.3, 0.4) is 0 Å². The van der Waals surface area contributed by atoms with Crippen LogP contribution >= 0.6 is 0 Å². The molecular formula is C28H46N2O18S3. The number of carboxylic acid groups (broad SMARTS) is 1. The minimum absolute atomic E-state index is 0.247. The molecule has 1 aromatic carbocycles. The number of hydrogen-bond acceptors (Lipinski definition) is 14. The molecule has 6 N–H and O–H groups in total. The molecule has 0 aromatic heterocycles. The number of ether oxygens (including phenoxy) is 5. The molecule has 0 heterocycles. The fourth-order valence-corrected chi connectivity index (χ4v) is 5.45. The number of carboxylic acids is 1. The minimum atomic E-state index is -4.47. The van der Waals surface area contributed by atoms with Crippen LogP contribution in [-0.4, -0.2) is 110 Å². The number of amides is 2. The summed E-state index contributed by atoms with van der Waals surface area (Å²) in [4.78, 5) is 38.2. The summed E-state index contributed by atoms with van der Waals surface area (Å²) in [6.45, 7) is 6.61. The van der Waals surface area contributed by atoms with Gasteiger partial charge in [-0.1, -0.05) is 0 Å². The monoisotopic (exact) mass is 794 g/mol. The molecular weight excluding hydrogens is 749 g/mol. The topological polar surface area (TPSA) is 305 Å². The molecule has 2 amide bonds. The normalized spacial score (nSPS) is 12.5. The number of alkyl carbamates (subject to hydrolysis) is 2. The van der Waals surface area contributed by atoms with Crippen molar-refractivity contribution in [1.29, 1.82) is 0 Å². The molecule has 20 nitrogen and oxygen atoms in total. The summed E-state index contributed by atoms with van der Waals surface area (Å²) in [6.07, 6.45) is -3.05. The molecule has 0 radical (unpaired) electrons. The lowest BCUT2D eigenvalue weighted by Crippen LogP contribution is -2.33. The van der Waals surface area contributed by atoms with Gasteiger partial charge in [-0.2, -0.15) is 25.3 Å². The van der Waals surface area contributed by atoms with Crippen molar-refractivity contribution in [1.82, 2.24) is 10.6 Å². The smallest absolute Gasteiger partial charge is 0.407 e. The van der Waals surface area contributed by atoms with Crippen LogP contribution < -0.4 is 24.8 Å². The molecule has 0 aliphatic heterocycles. The standard InChI is InChI=1S/C28H46N2O18S3/c1-27(2,3)47-25(33)29-16-18-21(44-10-7-13-49(35,36)37)19(17-30-26(34)48-28(4,5)6)23(46-12-9-15-51(41,42)43)20(24(31)32)22(18)45-11-8-14-50(38,39)40/h7-17H2,1-6H3,(H,29,33)(H,30,34)(H,31,32)(H,35,36,37)(H,38,39,40)(H,41,42,43). The van der Waals surface area contributed by atoms with Gasteiger partial charge in [-0.05, 0) is 60.8 Å². The highest BCUT2D eigenvalue weighted by Crippen LogP contribution is 2.44. The maximum Gasteiger partial charge on any atom is 0.407 e. The Morgan fingerprint density at radius 3 is 1.12 bits per heavy atom. The summed E-state index contributed by atoms with van der Waals surface area (Å²) in [6, 6.07) is 0. The number of benzene rings is 1. The Bertz CT molecular complexity index is 1610. The molecule has 0 aliphatic carbocycles. The molecule has 0 spiro atoms. The second-order valence-corrected chi connectivity index (χ2v) is 17.5. The average Bonchev–Trinajstić information content (AvgIpc) is 2.90. The largest absolute Gasteiger partial charge is 0.493 e. The fourth-order valence-electron chi connectivity index (χ4n) is 4.00. The van der Waals surface area contributed by atoms with Crippen LogP contribution in [0.2, 0.25) is 0 Å². The average molecular weight is 795 g/mol. The van der Waals surface area contributed by atoms with E-state index in [-0.39, 0.29) is 36.1 Å². The molecule has 0 aliphatic rings. The Morgan fingerprint density at radius 1 is 0.569 bits per heavy atom. The van der Waals surface area contributed by atoms with E-state index in [4.69, 9.17) is 32.8 Å². The van der Waals surface area contributed by atoms with Gasteiger partial charge >= 0.3 is 18.2 Å². The van der Waals surface area contributed by atoms with E-state index < -0.39 is 127 Å². The first kappa shape index (κ1) is 45.4. The molecule has 1 rings (SSSR count). The number of rotatable bonds is 20. The van der Waals surface area contributed by atoms with Gasteiger partial charge in [-0.25, -0.2) is 14.4 Å². The zero-order valence-electron chi connectivity index (χ0n) is 29.0. The van der Waals surface area contributed by atoms with E-state index in [2.05, 4.69) is 10.6 Å². The van der Waals surface area contributed by atoms with Crippen LogP contribution in [0, 0.1) is 0 Å². The van der Waals surface area contributed by atoms with Crippen molar-refractivity contribution in [2.24, 2.45) is 0 Å². The summed E-state index contributed by atoms with van der Waals surface area (Å²) < 4.78 is 123. The molecule has 1 aromatic rings. The third-order valence-corrected chi connectivity index (χ3v) is 8.17. The number of carbonyl (C=O) groups excluding carboxylic acids is 2. The van der Waals surface area contributed by atoms with Crippen LogP contribution in [0.5, 0.6) is 17.2 Å². The van der Waals surface area contributed by atoms with Crippen molar-refractivity contribution in [3.8, 4) is 17.2 Å². The van der Waals surface area contributed by atoms with E-state index in [0.717, 1.165) is 0 Å². The van der Waals surface area contributed by atoms with Gasteiger partial charge in [-0.3, -0.25) is 13.7 Å². The Kier molecular flexibility index (Phi) is 16.7. The van der Waals surface area contributed by atoms with E-state index in [9.17, 15) is 49.3 Å².